The summed E-state index contributed by atoms with van der Waals surface area (Å²) in [7, 11) is 0. The van der Waals surface area contributed by atoms with Gasteiger partial charge in [0.2, 0.25) is 0 Å². The number of halogens is 1. The van der Waals surface area contributed by atoms with E-state index in [2.05, 4.69) is 20.2 Å². The largest absolute Gasteiger partial charge is 0.401 e. The molecule has 1 atom stereocenters. The molecule has 34 heavy (non-hydrogen) atoms. The molecule has 8 heteroatoms. The first-order valence-electron chi connectivity index (χ1n) is 11.8. The second-order valence-electron chi connectivity index (χ2n) is 7.44. The topological polar surface area (TPSA) is 133 Å². The highest BCUT2D eigenvalue weighted by molar-refractivity contribution is 5.75. The van der Waals surface area contributed by atoms with Gasteiger partial charge in [-0.1, -0.05) is 33.8 Å². The van der Waals surface area contributed by atoms with Crippen LogP contribution in [0.5, 0.6) is 0 Å². The summed E-state index contributed by atoms with van der Waals surface area (Å²) in [5, 5.41) is 7.07. The molecule has 7 nitrogen and oxygen atoms in total. The Morgan fingerprint density at radius 3 is 2.53 bits per heavy atom. The van der Waals surface area contributed by atoms with Crippen LogP contribution in [0.2, 0.25) is 0 Å². The van der Waals surface area contributed by atoms with E-state index in [1.54, 1.807) is 24.4 Å². The van der Waals surface area contributed by atoms with Crippen LogP contribution in [0.1, 0.15) is 70.0 Å². The molecule has 1 unspecified atom stereocenters. The molecule has 4 rings (SSSR count). The van der Waals surface area contributed by atoms with E-state index in [9.17, 15) is 4.39 Å². The maximum absolute atomic E-state index is 14.2. The van der Waals surface area contributed by atoms with E-state index in [1.807, 2.05) is 46.8 Å². The fourth-order valence-corrected chi connectivity index (χ4v) is 3.84. The number of aromatic nitrogens is 4. The average Bonchev–Trinajstić information content (AvgIpc) is 3.29. The lowest BCUT2D eigenvalue weighted by atomic mass is 9.84. The molecule has 3 aromatic rings. The third-order valence-corrected chi connectivity index (χ3v) is 5.34. The van der Waals surface area contributed by atoms with E-state index in [4.69, 9.17) is 17.2 Å². The molecule has 2 heterocycles. The van der Waals surface area contributed by atoms with E-state index in [0.29, 0.717) is 17.2 Å². The lowest BCUT2D eigenvalue weighted by Gasteiger charge is -2.25. The van der Waals surface area contributed by atoms with E-state index in [1.165, 1.54) is 6.07 Å². The predicted molar refractivity (Wildman–Crippen MR) is 138 cm³/mol. The SMILES string of the molecule is CC.CC.Cc1nc(-c2ccnc(C3CCCC(/C=C(\N)c4c(N)cccc4F)=C3N)c2)n[nH]1. The molecule has 0 spiro atoms. The number of nitrogen functional groups attached to an aromatic ring is 1. The van der Waals surface area contributed by atoms with Gasteiger partial charge in [-0.05, 0) is 62.1 Å². The summed E-state index contributed by atoms with van der Waals surface area (Å²) >= 11 is 0. The van der Waals surface area contributed by atoms with Crippen molar-refractivity contribution in [3.63, 3.8) is 0 Å². The maximum Gasteiger partial charge on any atom is 0.181 e. The molecule has 0 bridgehead atoms. The summed E-state index contributed by atoms with van der Waals surface area (Å²) in [4.78, 5) is 8.91. The van der Waals surface area contributed by atoms with Crippen molar-refractivity contribution < 1.29 is 4.39 Å². The molecule has 0 saturated heterocycles. The number of benzene rings is 1. The smallest absolute Gasteiger partial charge is 0.181 e. The Balaban J connectivity index is 0.000000970. The van der Waals surface area contributed by atoms with Gasteiger partial charge in [0.15, 0.2) is 5.82 Å². The predicted octanol–water partition coefficient (Wildman–Crippen LogP) is 5.43. The molecule has 7 N–H and O–H groups in total. The minimum atomic E-state index is -0.452. The Morgan fingerprint density at radius 2 is 1.88 bits per heavy atom. The van der Waals surface area contributed by atoms with Gasteiger partial charge in [-0.2, -0.15) is 5.10 Å². The summed E-state index contributed by atoms with van der Waals surface area (Å²) < 4.78 is 14.2. The number of pyridine rings is 1. The highest BCUT2D eigenvalue weighted by Crippen LogP contribution is 2.36. The number of aromatic amines is 1. The number of hydrogen-bond acceptors (Lipinski definition) is 6. The van der Waals surface area contributed by atoms with Crippen LogP contribution in [0.15, 0.2) is 53.9 Å². The van der Waals surface area contributed by atoms with E-state index < -0.39 is 5.82 Å². The number of rotatable bonds is 4. The number of nitrogens with zero attached hydrogens (tertiary/aromatic N) is 3. The monoisotopic (exact) mass is 465 g/mol. The van der Waals surface area contributed by atoms with Gasteiger partial charge in [0.1, 0.15) is 11.6 Å². The van der Waals surface area contributed by atoms with Crippen LogP contribution in [0.3, 0.4) is 0 Å². The average molecular weight is 466 g/mol. The summed E-state index contributed by atoms with van der Waals surface area (Å²) in [6.07, 6.45) is 6.02. The Bertz CT molecular complexity index is 1130. The van der Waals surface area contributed by atoms with Gasteiger partial charge in [0.25, 0.3) is 0 Å². The van der Waals surface area contributed by atoms with Crippen molar-refractivity contribution in [2.45, 2.75) is 59.8 Å². The molecule has 0 saturated carbocycles. The van der Waals surface area contributed by atoms with Gasteiger partial charge in [-0.15, -0.1) is 0 Å². The zero-order valence-electron chi connectivity index (χ0n) is 20.7. The molecule has 0 radical (unpaired) electrons. The van der Waals surface area contributed by atoms with Crippen molar-refractivity contribution in [2.75, 3.05) is 5.73 Å². The lowest BCUT2D eigenvalue weighted by Crippen LogP contribution is -2.18. The molecule has 182 valence electrons. The molecule has 0 fully saturated rings. The van der Waals surface area contributed by atoms with Crippen LogP contribution in [0, 0.1) is 12.7 Å². The van der Waals surface area contributed by atoms with E-state index in [-0.39, 0.29) is 17.2 Å². The molecule has 2 aromatic heterocycles. The van der Waals surface area contributed by atoms with Crippen molar-refractivity contribution >= 4 is 11.4 Å². The fraction of sp³-hybridized carbons (Fsp3) is 0.346. The van der Waals surface area contributed by atoms with E-state index >= 15 is 0 Å². The Hall–Kier alpha value is -3.68. The highest BCUT2D eigenvalue weighted by atomic mass is 19.1. The normalized spacial score (nSPS) is 15.7. The number of nitrogens with two attached hydrogens (primary N) is 3. The van der Waals surface area contributed by atoms with Gasteiger partial charge >= 0.3 is 0 Å². The van der Waals surface area contributed by atoms with Crippen LogP contribution < -0.4 is 17.2 Å². The second kappa shape index (κ2) is 12.5. The quantitative estimate of drug-likeness (QED) is 0.380. The first-order valence-corrected chi connectivity index (χ1v) is 11.8. The minimum Gasteiger partial charge on any atom is -0.401 e. The number of allylic oxidation sites excluding steroid dienone is 3. The molecule has 0 aliphatic heterocycles. The molecular formula is C26H36FN7. The number of anilines is 1. The molecule has 1 aliphatic carbocycles. The van der Waals surface area contributed by atoms with Gasteiger partial charge in [0.05, 0.1) is 11.3 Å². The molecular weight excluding hydrogens is 429 g/mol. The third kappa shape index (κ3) is 6.01. The van der Waals surface area contributed by atoms with Crippen LogP contribution >= 0.6 is 0 Å². The Labute approximate surface area is 201 Å². The van der Waals surface area contributed by atoms with E-state index in [0.717, 1.165) is 41.9 Å². The third-order valence-electron chi connectivity index (χ3n) is 5.34. The number of hydrogen-bond donors (Lipinski definition) is 4. The highest BCUT2D eigenvalue weighted by Gasteiger charge is 2.24. The second-order valence-corrected chi connectivity index (χ2v) is 7.44. The van der Waals surface area contributed by atoms with Crippen LogP contribution in [0.4, 0.5) is 10.1 Å². The van der Waals surface area contributed by atoms with Crippen LogP contribution in [0.25, 0.3) is 17.1 Å². The zero-order chi connectivity index (χ0) is 25.3. The van der Waals surface area contributed by atoms with Gasteiger partial charge in [0, 0.05) is 34.8 Å². The van der Waals surface area contributed by atoms with Crippen LogP contribution in [-0.2, 0) is 0 Å². The standard InChI is InChI=1S/C22H24FN7.2C2H6/c1-12-28-22(30-29-12)14-8-9-27-19(11-14)15-5-2-4-13(21(15)26)10-18(25)20-16(23)6-3-7-17(20)24;2*1-2/h3,6-11,15H,2,4-5,24-26H2,1H3,(H,28,29,30);2*1-2H3/b18-10-;;. The number of nitrogens with one attached hydrogen (secondary N) is 1. The first-order chi connectivity index (χ1) is 16.4. The lowest BCUT2D eigenvalue weighted by molar-refractivity contribution is 0.592. The zero-order valence-corrected chi connectivity index (χ0v) is 20.7. The van der Waals surface area contributed by atoms with Crippen molar-refractivity contribution in [2.24, 2.45) is 11.5 Å². The first kappa shape index (κ1) is 26.6. The van der Waals surface area contributed by atoms with Gasteiger partial charge < -0.3 is 17.2 Å². The van der Waals surface area contributed by atoms with Crippen molar-refractivity contribution in [3.8, 4) is 11.4 Å². The summed E-state index contributed by atoms with van der Waals surface area (Å²) in [5.41, 5.74) is 22.7. The number of H-pyrrole nitrogens is 1. The molecule has 1 aliphatic rings. The maximum atomic E-state index is 14.2. The summed E-state index contributed by atoms with van der Waals surface area (Å²) in [5.74, 6) is 0.854. The van der Waals surface area contributed by atoms with Crippen molar-refractivity contribution in [1.82, 2.24) is 20.2 Å². The van der Waals surface area contributed by atoms with Crippen LogP contribution in [-0.4, -0.2) is 20.2 Å². The molecule has 0 amide bonds. The van der Waals surface area contributed by atoms with Crippen molar-refractivity contribution in [1.29, 1.82) is 0 Å². The summed E-state index contributed by atoms with van der Waals surface area (Å²) in [6.45, 7) is 9.85. The van der Waals surface area contributed by atoms with Crippen molar-refractivity contribution in [3.05, 3.63) is 76.8 Å². The molecule has 1 aromatic carbocycles. The minimum absolute atomic E-state index is 0.0595. The Morgan fingerprint density at radius 1 is 1.15 bits per heavy atom. The fourth-order valence-electron chi connectivity index (χ4n) is 3.84. The number of aryl methyl sites for hydroxylation is 1. The van der Waals surface area contributed by atoms with Gasteiger partial charge in [-0.3, -0.25) is 10.1 Å². The van der Waals surface area contributed by atoms with Gasteiger partial charge in [-0.25, -0.2) is 9.37 Å². The Kier molecular flexibility index (Phi) is 9.79. The summed E-state index contributed by atoms with van der Waals surface area (Å²) in [6, 6.07) is 8.36.